The standard InChI is InChI=1S/C12H25N3O/c1-9(8-13)7-12(16)14-15-10(2)5-4-6-11(15)3/h9-11H,4-8,13H2,1-3H3,(H,14,16). The predicted octanol–water partition coefficient (Wildman–Crippen LogP) is 1.27. The Kier molecular flexibility index (Phi) is 5.22. The highest BCUT2D eigenvalue weighted by molar-refractivity contribution is 5.75. The van der Waals surface area contributed by atoms with Crippen molar-refractivity contribution in [2.24, 2.45) is 11.7 Å². The average molecular weight is 227 g/mol. The fraction of sp³-hybridized carbons (Fsp3) is 0.917. The number of rotatable bonds is 4. The molecule has 4 nitrogen and oxygen atoms in total. The monoisotopic (exact) mass is 227 g/mol. The number of hydrogen-bond acceptors (Lipinski definition) is 3. The van der Waals surface area contributed by atoms with Crippen LogP contribution in [0.3, 0.4) is 0 Å². The molecule has 3 atom stereocenters. The molecule has 0 aromatic carbocycles. The largest absolute Gasteiger partial charge is 0.330 e. The van der Waals surface area contributed by atoms with Gasteiger partial charge in [0.15, 0.2) is 0 Å². The Labute approximate surface area is 98.5 Å². The van der Waals surface area contributed by atoms with Crippen LogP contribution in [0, 0.1) is 5.92 Å². The van der Waals surface area contributed by atoms with Gasteiger partial charge in [-0.25, -0.2) is 5.01 Å². The lowest BCUT2D eigenvalue weighted by Gasteiger charge is -2.38. The molecule has 1 heterocycles. The number of nitrogens with one attached hydrogen (secondary N) is 1. The van der Waals surface area contributed by atoms with Gasteiger partial charge in [0, 0.05) is 18.5 Å². The molecule has 0 aromatic heterocycles. The Hall–Kier alpha value is -0.610. The van der Waals surface area contributed by atoms with E-state index in [4.69, 9.17) is 5.73 Å². The maximum absolute atomic E-state index is 11.8. The van der Waals surface area contributed by atoms with Crippen molar-refractivity contribution in [2.75, 3.05) is 6.54 Å². The highest BCUT2D eigenvalue weighted by Crippen LogP contribution is 2.20. The summed E-state index contributed by atoms with van der Waals surface area (Å²) in [6, 6.07) is 0.891. The summed E-state index contributed by atoms with van der Waals surface area (Å²) in [5, 5.41) is 2.11. The topological polar surface area (TPSA) is 58.4 Å². The Bertz CT molecular complexity index is 222. The lowest BCUT2D eigenvalue weighted by Crippen LogP contribution is -2.54. The lowest BCUT2D eigenvalue weighted by molar-refractivity contribution is -0.130. The van der Waals surface area contributed by atoms with E-state index in [1.807, 2.05) is 6.92 Å². The molecule has 0 aliphatic carbocycles. The zero-order valence-corrected chi connectivity index (χ0v) is 10.7. The van der Waals surface area contributed by atoms with E-state index in [-0.39, 0.29) is 11.8 Å². The zero-order chi connectivity index (χ0) is 12.1. The molecule has 1 saturated heterocycles. The van der Waals surface area contributed by atoms with Crippen molar-refractivity contribution in [1.29, 1.82) is 0 Å². The van der Waals surface area contributed by atoms with Crippen molar-refractivity contribution >= 4 is 5.91 Å². The number of amides is 1. The van der Waals surface area contributed by atoms with Crippen LogP contribution in [0.4, 0.5) is 0 Å². The third-order valence-electron chi connectivity index (χ3n) is 3.38. The van der Waals surface area contributed by atoms with Crippen LogP contribution < -0.4 is 11.2 Å². The molecule has 3 N–H and O–H groups in total. The summed E-state index contributed by atoms with van der Waals surface area (Å²) < 4.78 is 0. The lowest BCUT2D eigenvalue weighted by atomic mass is 10.00. The summed E-state index contributed by atoms with van der Waals surface area (Å²) in [7, 11) is 0. The van der Waals surface area contributed by atoms with Crippen LogP contribution >= 0.6 is 0 Å². The van der Waals surface area contributed by atoms with Crippen LogP contribution in [0.1, 0.15) is 46.5 Å². The maximum Gasteiger partial charge on any atom is 0.234 e. The fourth-order valence-electron chi connectivity index (χ4n) is 2.23. The number of carbonyl (C=O) groups is 1. The van der Waals surface area contributed by atoms with Gasteiger partial charge < -0.3 is 5.73 Å². The van der Waals surface area contributed by atoms with E-state index in [0.717, 1.165) is 12.8 Å². The van der Waals surface area contributed by atoms with E-state index in [1.54, 1.807) is 0 Å². The zero-order valence-electron chi connectivity index (χ0n) is 10.7. The minimum absolute atomic E-state index is 0.0959. The first kappa shape index (κ1) is 13.5. The molecule has 94 valence electrons. The number of nitrogens with zero attached hydrogens (tertiary/aromatic N) is 1. The van der Waals surface area contributed by atoms with Gasteiger partial charge in [0.2, 0.25) is 5.91 Å². The van der Waals surface area contributed by atoms with Crippen LogP contribution in [0.25, 0.3) is 0 Å². The molecular weight excluding hydrogens is 202 g/mol. The number of piperidine rings is 1. The van der Waals surface area contributed by atoms with Gasteiger partial charge in [0.05, 0.1) is 0 Å². The number of hydrogen-bond donors (Lipinski definition) is 2. The third-order valence-corrected chi connectivity index (χ3v) is 3.38. The van der Waals surface area contributed by atoms with Crippen molar-refractivity contribution in [1.82, 2.24) is 10.4 Å². The minimum Gasteiger partial charge on any atom is -0.330 e. The van der Waals surface area contributed by atoms with Crippen molar-refractivity contribution < 1.29 is 4.79 Å². The normalized spacial score (nSPS) is 28.8. The summed E-state index contributed by atoms with van der Waals surface area (Å²) in [5.74, 6) is 0.356. The summed E-state index contributed by atoms with van der Waals surface area (Å²) in [6.45, 7) is 6.91. The SMILES string of the molecule is CC(CN)CC(=O)NN1C(C)CCCC1C. The average Bonchev–Trinajstić information content (AvgIpc) is 2.23. The van der Waals surface area contributed by atoms with Gasteiger partial charge in [0.1, 0.15) is 0 Å². The maximum atomic E-state index is 11.8. The van der Waals surface area contributed by atoms with Gasteiger partial charge in [-0.3, -0.25) is 10.2 Å². The number of carbonyl (C=O) groups excluding carboxylic acids is 1. The van der Waals surface area contributed by atoms with Crippen LogP contribution in [-0.4, -0.2) is 29.5 Å². The van der Waals surface area contributed by atoms with Gasteiger partial charge in [0.25, 0.3) is 0 Å². The molecule has 0 spiro atoms. The van der Waals surface area contributed by atoms with E-state index in [9.17, 15) is 4.79 Å². The summed E-state index contributed by atoms with van der Waals surface area (Å²) in [5.41, 5.74) is 8.54. The molecule has 1 aliphatic heterocycles. The van der Waals surface area contributed by atoms with Gasteiger partial charge in [-0.2, -0.15) is 0 Å². The fourth-order valence-corrected chi connectivity index (χ4v) is 2.23. The Balaban J connectivity index is 2.42. The molecule has 16 heavy (non-hydrogen) atoms. The highest BCUT2D eigenvalue weighted by atomic mass is 16.2. The molecule has 1 aliphatic rings. The molecule has 3 unspecified atom stereocenters. The van der Waals surface area contributed by atoms with Gasteiger partial charge >= 0.3 is 0 Å². The molecule has 0 aromatic rings. The summed E-state index contributed by atoms with van der Waals surface area (Å²) >= 11 is 0. The van der Waals surface area contributed by atoms with Crippen LogP contribution in [0.5, 0.6) is 0 Å². The van der Waals surface area contributed by atoms with E-state index in [2.05, 4.69) is 24.3 Å². The highest BCUT2D eigenvalue weighted by Gasteiger charge is 2.26. The van der Waals surface area contributed by atoms with Crippen molar-refractivity contribution in [3.8, 4) is 0 Å². The number of nitrogens with two attached hydrogens (primary N) is 1. The van der Waals surface area contributed by atoms with Gasteiger partial charge in [-0.1, -0.05) is 13.3 Å². The Morgan fingerprint density at radius 1 is 1.44 bits per heavy atom. The van der Waals surface area contributed by atoms with E-state index < -0.39 is 0 Å². The number of hydrazine groups is 1. The van der Waals surface area contributed by atoms with Crippen molar-refractivity contribution in [3.63, 3.8) is 0 Å². The molecule has 0 bridgehead atoms. The molecule has 4 heteroatoms. The molecule has 1 amide bonds. The first-order valence-corrected chi connectivity index (χ1v) is 6.32. The molecule has 1 rings (SSSR count). The second kappa shape index (κ2) is 6.21. The minimum atomic E-state index is 0.0959. The van der Waals surface area contributed by atoms with E-state index in [0.29, 0.717) is 25.0 Å². The van der Waals surface area contributed by atoms with Gasteiger partial charge in [-0.15, -0.1) is 0 Å². The van der Waals surface area contributed by atoms with E-state index in [1.165, 1.54) is 6.42 Å². The van der Waals surface area contributed by atoms with Crippen LogP contribution in [0.2, 0.25) is 0 Å². The smallest absolute Gasteiger partial charge is 0.234 e. The quantitative estimate of drug-likeness (QED) is 0.760. The third kappa shape index (κ3) is 3.76. The van der Waals surface area contributed by atoms with Gasteiger partial charge in [-0.05, 0) is 39.2 Å². The van der Waals surface area contributed by atoms with Crippen molar-refractivity contribution in [3.05, 3.63) is 0 Å². The molecule has 0 radical (unpaired) electrons. The van der Waals surface area contributed by atoms with Crippen LogP contribution in [-0.2, 0) is 4.79 Å². The Morgan fingerprint density at radius 2 is 2.00 bits per heavy atom. The van der Waals surface area contributed by atoms with E-state index >= 15 is 0 Å². The predicted molar refractivity (Wildman–Crippen MR) is 65.6 cm³/mol. The second-order valence-corrected chi connectivity index (χ2v) is 5.12. The molecule has 0 saturated carbocycles. The molecule has 1 fully saturated rings. The second-order valence-electron chi connectivity index (χ2n) is 5.12. The van der Waals surface area contributed by atoms with Crippen LogP contribution in [0.15, 0.2) is 0 Å². The van der Waals surface area contributed by atoms with Crippen molar-refractivity contribution in [2.45, 2.75) is 58.5 Å². The Morgan fingerprint density at radius 3 is 2.50 bits per heavy atom. The molecular formula is C12H25N3O. The first-order valence-electron chi connectivity index (χ1n) is 6.32. The first-order chi connectivity index (χ1) is 7.54. The summed E-state index contributed by atoms with van der Waals surface area (Å²) in [4.78, 5) is 11.8. The summed E-state index contributed by atoms with van der Waals surface area (Å²) in [6.07, 6.45) is 4.11.